The van der Waals surface area contributed by atoms with E-state index in [1.165, 1.54) is 10.6 Å². The molecular formula is C21H23N3O3. The molecule has 6 nitrogen and oxygen atoms in total. The Hall–Kier alpha value is -3.02. The highest BCUT2D eigenvalue weighted by Crippen LogP contribution is 2.31. The van der Waals surface area contributed by atoms with Crippen molar-refractivity contribution >= 4 is 23.2 Å². The molecule has 1 saturated heterocycles. The predicted octanol–water partition coefficient (Wildman–Crippen LogP) is 2.05. The van der Waals surface area contributed by atoms with Crippen molar-refractivity contribution in [1.29, 1.82) is 0 Å². The first-order valence-corrected chi connectivity index (χ1v) is 9.29. The third kappa shape index (κ3) is 3.89. The fraction of sp³-hybridized carbons (Fsp3) is 0.333. The first-order valence-electron chi connectivity index (χ1n) is 9.29. The summed E-state index contributed by atoms with van der Waals surface area (Å²) >= 11 is 0. The monoisotopic (exact) mass is 365 g/mol. The van der Waals surface area contributed by atoms with E-state index in [2.05, 4.69) is 22.3 Å². The Morgan fingerprint density at radius 1 is 1.11 bits per heavy atom. The van der Waals surface area contributed by atoms with Crippen LogP contribution in [0.4, 0.5) is 11.4 Å². The molecule has 140 valence electrons. The molecule has 2 heterocycles. The summed E-state index contributed by atoms with van der Waals surface area (Å²) in [4.78, 5) is 28.4. The molecule has 6 heteroatoms. The van der Waals surface area contributed by atoms with E-state index in [1.807, 2.05) is 36.4 Å². The second-order valence-electron chi connectivity index (χ2n) is 6.98. The van der Waals surface area contributed by atoms with E-state index in [-0.39, 0.29) is 25.0 Å². The maximum Gasteiger partial charge on any atom is 0.265 e. The Kier molecular flexibility index (Phi) is 4.96. The van der Waals surface area contributed by atoms with Crippen LogP contribution in [0.2, 0.25) is 0 Å². The van der Waals surface area contributed by atoms with Crippen LogP contribution in [0, 0.1) is 5.92 Å². The van der Waals surface area contributed by atoms with Gasteiger partial charge in [0.05, 0.1) is 5.69 Å². The molecule has 1 fully saturated rings. The minimum absolute atomic E-state index is 0.0221. The summed E-state index contributed by atoms with van der Waals surface area (Å²) in [5.74, 6) is 0.721. The number of carbonyl (C=O) groups excluding carboxylic acids is 2. The second kappa shape index (κ2) is 7.70. The van der Waals surface area contributed by atoms with Gasteiger partial charge in [-0.1, -0.05) is 30.3 Å². The number of nitrogens with zero attached hydrogens (tertiary/aromatic N) is 2. The van der Waals surface area contributed by atoms with Gasteiger partial charge in [-0.3, -0.25) is 14.5 Å². The van der Waals surface area contributed by atoms with Crippen molar-refractivity contribution in [2.24, 2.45) is 5.92 Å². The maximum atomic E-state index is 12.4. The first kappa shape index (κ1) is 17.4. The van der Waals surface area contributed by atoms with Crippen molar-refractivity contribution in [3.8, 4) is 5.75 Å². The molecule has 4 rings (SSSR count). The Balaban J connectivity index is 1.30. The standard InChI is InChI=1S/C21H23N3O3/c25-20(14-24-18-8-4-5-9-19(18)27-15-21(24)26)22-12-16-10-11-23(13-16)17-6-2-1-3-7-17/h1-9,16H,10-15H2,(H,22,25). The minimum Gasteiger partial charge on any atom is -0.482 e. The van der Waals surface area contributed by atoms with Gasteiger partial charge in [-0.15, -0.1) is 0 Å². The number of hydrogen-bond acceptors (Lipinski definition) is 4. The number of hydrogen-bond donors (Lipinski definition) is 1. The van der Waals surface area contributed by atoms with Gasteiger partial charge in [0.1, 0.15) is 12.3 Å². The number of benzene rings is 2. The summed E-state index contributed by atoms with van der Waals surface area (Å²) in [5.41, 5.74) is 1.88. The summed E-state index contributed by atoms with van der Waals surface area (Å²) in [5, 5.41) is 2.99. The van der Waals surface area contributed by atoms with E-state index >= 15 is 0 Å². The van der Waals surface area contributed by atoms with Crippen LogP contribution in [0.25, 0.3) is 0 Å². The molecule has 2 aliphatic rings. The van der Waals surface area contributed by atoms with E-state index in [9.17, 15) is 9.59 Å². The summed E-state index contributed by atoms with van der Waals surface area (Å²) < 4.78 is 5.41. The maximum absolute atomic E-state index is 12.4. The summed E-state index contributed by atoms with van der Waals surface area (Å²) in [6, 6.07) is 17.6. The molecule has 0 spiro atoms. The van der Waals surface area contributed by atoms with Crippen LogP contribution >= 0.6 is 0 Å². The van der Waals surface area contributed by atoms with Gasteiger partial charge in [0.15, 0.2) is 6.61 Å². The van der Waals surface area contributed by atoms with Crippen molar-refractivity contribution < 1.29 is 14.3 Å². The van der Waals surface area contributed by atoms with Gasteiger partial charge >= 0.3 is 0 Å². The Morgan fingerprint density at radius 3 is 2.74 bits per heavy atom. The SMILES string of the molecule is O=C(CN1C(=O)COc2ccccc21)NCC1CCN(c2ccccc2)C1. The van der Waals surface area contributed by atoms with Crippen molar-refractivity contribution in [2.75, 3.05) is 42.6 Å². The lowest BCUT2D eigenvalue weighted by Crippen LogP contribution is -2.46. The number of anilines is 2. The molecule has 0 aromatic heterocycles. The zero-order valence-corrected chi connectivity index (χ0v) is 15.1. The van der Waals surface area contributed by atoms with Crippen LogP contribution in [0.5, 0.6) is 5.75 Å². The number of nitrogens with one attached hydrogen (secondary N) is 1. The lowest BCUT2D eigenvalue weighted by molar-refractivity contribution is -0.125. The normalized spacial score (nSPS) is 18.8. The van der Waals surface area contributed by atoms with Crippen LogP contribution in [0.3, 0.4) is 0 Å². The van der Waals surface area contributed by atoms with Crippen LogP contribution in [-0.4, -0.2) is 44.6 Å². The molecule has 0 radical (unpaired) electrons. The van der Waals surface area contributed by atoms with Crippen LogP contribution < -0.4 is 19.9 Å². The molecule has 0 aliphatic carbocycles. The molecule has 1 N–H and O–H groups in total. The average molecular weight is 365 g/mol. The summed E-state index contributed by atoms with van der Waals surface area (Å²) in [7, 11) is 0. The molecule has 1 unspecified atom stereocenters. The Labute approximate surface area is 158 Å². The second-order valence-corrected chi connectivity index (χ2v) is 6.98. The van der Waals surface area contributed by atoms with Gasteiger partial charge in [0.2, 0.25) is 5.91 Å². The van der Waals surface area contributed by atoms with Crippen LogP contribution in [0.1, 0.15) is 6.42 Å². The molecule has 27 heavy (non-hydrogen) atoms. The Morgan fingerprint density at radius 2 is 1.89 bits per heavy atom. The molecule has 2 amide bonds. The zero-order valence-electron chi connectivity index (χ0n) is 15.1. The minimum atomic E-state index is -0.194. The molecule has 2 aliphatic heterocycles. The van der Waals surface area contributed by atoms with Gasteiger partial charge in [0.25, 0.3) is 5.91 Å². The third-order valence-corrected chi connectivity index (χ3v) is 5.11. The zero-order chi connectivity index (χ0) is 18.6. The predicted molar refractivity (Wildman–Crippen MR) is 104 cm³/mol. The summed E-state index contributed by atoms with van der Waals surface area (Å²) in [6.07, 6.45) is 1.05. The molecule has 2 aromatic rings. The van der Waals surface area contributed by atoms with E-state index in [0.717, 1.165) is 19.5 Å². The lowest BCUT2D eigenvalue weighted by Gasteiger charge is -2.28. The highest BCUT2D eigenvalue weighted by atomic mass is 16.5. The van der Waals surface area contributed by atoms with E-state index in [0.29, 0.717) is 23.9 Å². The number of fused-ring (bicyclic) bond motifs is 1. The highest BCUT2D eigenvalue weighted by Gasteiger charge is 2.28. The Bertz CT molecular complexity index is 824. The topological polar surface area (TPSA) is 61.9 Å². The largest absolute Gasteiger partial charge is 0.482 e. The van der Waals surface area contributed by atoms with Gasteiger partial charge in [-0.25, -0.2) is 0 Å². The van der Waals surface area contributed by atoms with E-state index in [1.54, 1.807) is 6.07 Å². The van der Waals surface area contributed by atoms with E-state index < -0.39 is 0 Å². The van der Waals surface area contributed by atoms with Gasteiger partial charge in [0, 0.05) is 25.3 Å². The lowest BCUT2D eigenvalue weighted by atomic mass is 10.1. The smallest absolute Gasteiger partial charge is 0.265 e. The van der Waals surface area contributed by atoms with Gasteiger partial charge in [-0.05, 0) is 36.6 Å². The van der Waals surface area contributed by atoms with Crippen LogP contribution in [0.15, 0.2) is 54.6 Å². The fourth-order valence-corrected chi connectivity index (χ4v) is 3.66. The molecular weight excluding hydrogens is 342 g/mol. The van der Waals surface area contributed by atoms with Crippen molar-refractivity contribution in [3.05, 3.63) is 54.6 Å². The fourth-order valence-electron chi connectivity index (χ4n) is 3.66. The molecule has 0 saturated carbocycles. The van der Waals surface area contributed by atoms with Gasteiger partial charge in [-0.2, -0.15) is 0 Å². The van der Waals surface area contributed by atoms with Gasteiger partial charge < -0.3 is 15.0 Å². The number of para-hydroxylation sites is 3. The average Bonchev–Trinajstić information content (AvgIpc) is 3.18. The quantitative estimate of drug-likeness (QED) is 0.881. The first-order chi connectivity index (χ1) is 13.2. The third-order valence-electron chi connectivity index (χ3n) is 5.11. The van der Waals surface area contributed by atoms with E-state index in [4.69, 9.17) is 4.74 Å². The van der Waals surface area contributed by atoms with Crippen LogP contribution in [-0.2, 0) is 9.59 Å². The highest BCUT2D eigenvalue weighted by molar-refractivity contribution is 6.02. The van der Waals surface area contributed by atoms with Crippen molar-refractivity contribution in [2.45, 2.75) is 6.42 Å². The van der Waals surface area contributed by atoms with Crippen molar-refractivity contribution in [3.63, 3.8) is 0 Å². The number of ether oxygens (including phenoxy) is 1. The molecule has 2 aromatic carbocycles. The number of amides is 2. The molecule has 0 bridgehead atoms. The number of carbonyl (C=O) groups is 2. The van der Waals surface area contributed by atoms with Crippen molar-refractivity contribution in [1.82, 2.24) is 5.32 Å². The summed E-state index contributed by atoms with van der Waals surface area (Å²) in [6.45, 7) is 2.55. The molecule has 1 atom stereocenters. The number of rotatable bonds is 5.